The van der Waals surface area contributed by atoms with Crippen molar-refractivity contribution >= 4 is 10.9 Å². The lowest BCUT2D eigenvalue weighted by atomic mass is 10.1. The van der Waals surface area contributed by atoms with Crippen LogP contribution in [0.3, 0.4) is 0 Å². The molecule has 14 heavy (non-hydrogen) atoms. The highest BCUT2D eigenvalue weighted by Gasteiger charge is 2.12. The second-order valence-electron chi connectivity index (χ2n) is 3.41. The van der Waals surface area contributed by atoms with Crippen LogP contribution >= 0.6 is 0 Å². The summed E-state index contributed by atoms with van der Waals surface area (Å²) in [6, 6.07) is 7.82. The van der Waals surface area contributed by atoms with Crippen molar-refractivity contribution < 1.29 is 10.2 Å². The summed E-state index contributed by atoms with van der Waals surface area (Å²) in [6.07, 6.45) is 1.06. The van der Waals surface area contributed by atoms with Crippen molar-refractivity contribution in [2.75, 3.05) is 6.61 Å². The molecule has 0 aliphatic rings. The van der Waals surface area contributed by atoms with Gasteiger partial charge in [-0.3, -0.25) is 0 Å². The smallest absolute Gasteiger partial charge is 0.104 e. The van der Waals surface area contributed by atoms with Gasteiger partial charge in [-0.05, 0) is 6.07 Å². The van der Waals surface area contributed by atoms with E-state index in [4.69, 9.17) is 5.11 Å². The Morgan fingerprint density at radius 2 is 2.07 bits per heavy atom. The Morgan fingerprint density at radius 3 is 2.79 bits per heavy atom. The summed E-state index contributed by atoms with van der Waals surface area (Å²) < 4.78 is 1.95. The van der Waals surface area contributed by atoms with Gasteiger partial charge in [0.25, 0.3) is 0 Å². The second kappa shape index (κ2) is 3.44. The molecule has 0 radical (unpaired) electrons. The molecule has 1 aromatic heterocycles. The van der Waals surface area contributed by atoms with Gasteiger partial charge in [0.1, 0.15) is 6.10 Å². The standard InChI is InChI=1S/C11H13NO2/c1-12-6-9(11(14)7-13)8-4-2-3-5-10(8)12/h2-6,11,13-14H,7H2,1H3. The fourth-order valence-electron chi connectivity index (χ4n) is 1.74. The van der Waals surface area contributed by atoms with Gasteiger partial charge in [-0.2, -0.15) is 0 Å². The lowest BCUT2D eigenvalue weighted by molar-refractivity contribution is 0.0966. The average molecular weight is 191 g/mol. The van der Waals surface area contributed by atoms with Crippen LogP contribution in [0.4, 0.5) is 0 Å². The van der Waals surface area contributed by atoms with Gasteiger partial charge in [-0.15, -0.1) is 0 Å². The summed E-state index contributed by atoms with van der Waals surface area (Å²) in [6.45, 7) is -0.242. The first-order chi connectivity index (χ1) is 6.74. The summed E-state index contributed by atoms with van der Waals surface area (Å²) in [7, 11) is 1.93. The SMILES string of the molecule is Cn1cc(C(O)CO)c2ccccc21. The van der Waals surface area contributed by atoms with E-state index in [1.54, 1.807) is 0 Å². The van der Waals surface area contributed by atoms with E-state index in [-0.39, 0.29) is 6.61 Å². The third-order valence-electron chi connectivity index (χ3n) is 2.46. The Balaban J connectivity index is 2.66. The molecule has 0 amide bonds. The van der Waals surface area contributed by atoms with E-state index >= 15 is 0 Å². The summed E-state index contributed by atoms with van der Waals surface area (Å²) in [5.74, 6) is 0. The maximum Gasteiger partial charge on any atom is 0.104 e. The highest BCUT2D eigenvalue weighted by Crippen LogP contribution is 2.25. The third kappa shape index (κ3) is 1.31. The van der Waals surface area contributed by atoms with Crippen LogP contribution in [0.5, 0.6) is 0 Å². The summed E-state index contributed by atoms with van der Waals surface area (Å²) in [5.41, 5.74) is 1.85. The number of rotatable bonds is 2. The number of fused-ring (bicyclic) bond motifs is 1. The highest BCUT2D eigenvalue weighted by molar-refractivity contribution is 5.84. The van der Waals surface area contributed by atoms with E-state index in [2.05, 4.69) is 0 Å². The molecule has 0 spiro atoms. The Labute approximate surface area is 82.2 Å². The zero-order valence-corrected chi connectivity index (χ0v) is 8.01. The lowest BCUT2D eigenvalue weighted by Gasteiger charge is -2.04. The van der Waals surface area contributed by atoms with Crippen LogP contribution in [0.1, 0.15) is 11.7 Å². The van der Waals surface area contributed by atoms with Crippen LogP contribution in [0.15, 0.2) is 30.5 Å². The predicted octanol–water partition coefficient (Wildman–Crippen LogP) is 1.20. The average Bonchev–Trinajstić information content (AvgIpc) is 2.56. The maximum atomic E-state index is 9.58. The largest absolute Gasteiger partial charge is 0.393 e. The molecule has 3 nitrogen and oxygen atoms in total. The van der Waals surface area contributed by atoms with E-state index < -0.39 is 6.10 Å². The van der Waals surface area contributed by atoms with Crippen LogP contribution in [0, 0.1) is 0 Å². The van der Waals surface area contributed by atoms with Crippen LogP contribution in [0.2, 0.25) is 0 Å². The van der Waals surface area contributed by atoms with Gasteiger partial charge >= 0.3 is 0 Å². The topological polar surface area (TPSA) is 45.4 Å². The van der Waals surface area contributed by atoms with Crippen molar-refractivity contribution in [3.05, 3.63) is 36.0 Å². The van der Waals surface area contributed by atoms with E-state index in [9.17, 15) is 5.11 Å². The van der Waals surface area contributed by atoms with Gasteiger partial charge in [-0.1, -0.05) is 18.2 Å². The fraction of sp³-hybridized carbons (Fsp3) is 0.273. The number of para-hydroxylation sites is 1. The molecule has 2 rings (SSSR count). The zero-order valence-electron chi connectivity index (χ0n) is 8.01. The summed E-state index contributed by atoms with van der Waals surface area (Å²) in [4.78, 5) is 0. The fourth-order valence-corrected chi connectivity index (χ4v) is 1.74. The Bertz CT molecular complexity index is 447. The van der Waals surface area contributed by atoms with E-state index in [0.29, 0.717) is 0 Å². The summed E-state index contributed by atoms with van der Waals surface area (Å²) >= 11 is 0. The number of benzene rings is 1. The minimum atomic E-state index is -0.791. The van der Waals surface area contributed by atoms with Crippen LogP contribution < -0.4 is 0 Å². The molecule has 1 aromatic carbocycles. The molecular formula is C11H13NO2. The van der Waals surface area contributed by atoms with Crippen molar-refractivity contribution in [3.63, 3.8) is 0 Å². The Kier molecular flexibility index (Phi) is 2.27. The van der Waals surface area contributed by atoms with Crippen molar-refractivity contribution in [2.24, 2.45) is 7.05 Å². The van der Waals surface area contributed by atoms with Gasteiger partial charge < -0.3 is 14.8 Å². The molecule has 2 aromatic rings. The number of nitrogens with zero attached hydrogens (tertiary/aromatic N) is 1. The van der Waals surface area contributed by atoms with Gasteiger partial charge in [0.2, 0.25) is 0 Å². The predicted molar refractivity (Wildman–Crippen MR) is 55.0 cm³/mol. The van der Waals surface area contributed by atoms with E-state index in [1.807, 2.05) is 42.1 Å². The molecule has 0 aliphatic heterocycles. The Morgan fingerprint density at radius 1 is 1.36 bits per heavy atom. The number of aliphatic hydroxyl groups excluding tert-OH is 2. The normalized spacial score (nSPS) is 13.4. The lowest BCUT2D eigenvalue weighted by Crippen LogP contribution is -2.01. The van der Waals surface area contributed by atoms with E-state index in [0.717, 1.165) is 16.5 Å². The van der Waals surface area contributed by atoms with Crippen molar-refractivity contribution in [3.8, 4) is 0 Å². The van der Waals surface area contributed by atoms with Crippen LogP contribution in [-0.4, -0.2) is 21.4 Å². The minimum absolute atomic E-state index is 0.242. The first-order valence-electron chi connectivity index (χ1n) is 4.57. The Hall–Kier alpha value is -1.32. The molecule has 1 atom stereocenters. The molecule has 74 valence electrons. The van der Waals surface area contributed by atoms with E-state index in [1.165, 1.54) is 0 Å². The first kappa shape index (κ1) is 9.24. The highest BCUT2D eigenvalue weighted by atomic mass is 16.3. The van der Waals surface area contributed by atoms with Crippen molar-refractivity contribution in [1.82, 2.24) is 4.57 Å². The minimum Gasteiger partial charge on any atom is -0.393 e. The molecule has 0 saturated carbocycles. The number of aromatic nitrogens is 1. The molecule has 0 bridgehead atoms. The number of hydrogen-bond donors (Lipinski definition) is 2. The number of aryl methyl sites for hydroxylation is 1. The monoisotopic (exact) mass is 191 g/mol. The van der Waals surface area contributed by atoms with Crippen molar-refractivity contribution in [2.45, 2.75) is 6.10 Å². The van der Waals surface area contributed by atoms with Crippen molar-refractivity contribution in [1.29, 1.82) is 0 Å². The maximum absolute atomic E-state index is 9.58. The molecule has 0 fully saturated rings. The van der Waals surface area contributed by atoms with Crippen LogP contribution in [-0.2, 0) is 7.05 Å². The number of hydrogen-bond acceptors (Lipinski definition) is 2. The number of aliphatic hydroxyl groups is 2. The molecule has 1 unspecified atom stereocenters. The van der Waals surface area contributed by atoms with Gasteiger partial charge in [0.15, 0.2) is 0 Å². The van der Waals surface area contributed by atoms with Gasteiger partial charge in [0.05, 0.1) is 6.61 Å². The molecule has 2 N–H and O–H groups in total. The molecule has 1 heterocycles. The molecule has 3 heteroatoms. The van der Waals surface area contributed by atoms with Gasteiger partial charge in [0, 0.05) is 29.7 Å². The molecule has 0 aliphatic carbocycles. The van der Waals surface area contributed by atoms with Gasteiger partial charge in [-0.25, -0.2) is 0 Å². The second-order valence-corrected chi connectivity index (χ2v) is 3.41. The quantitative estimate of drug-likeness (QED) is 0.749. The third-order valence-corrected chi connectivity index (χ3v) is 2.46. The first-order valence-corrected chi connectivity index (χ1v) is 4.57. The van der Waals surface area contributed by atoms with Crippen LogP contribution in [0.25, 0.3) is 10.9 Å². The summed E-state index contributed by atoms with van der Waals surface area (Å²) in [5, 5.41) is 19.5. The zero-order chi connectivity index (χ0) is 10.1. The molecule has 0 saturated heterocycles. The molecular weight excluding hydrogens is 178 g/mol.